The highest BCUT2D eigenvalue weighted by Gasteiger charge is 2.46. The van der Waals surface area contributed by atoms with Crippen LogP contribution in [0.2, 0.25) is 0 Å². The molecular weight excluding hydrogens is 172 g/mol. The maximum Gasteiger partial charge on any atom is 0.348 e. The number of rotatable bonds is 4. The third kappa shape index (κ3) is 1.92. The third-order valence-corrected chi connectivity index (χ3v) is 1.11. The first-order chi connectivity index (χ1) is 5.30. The van der Waals surface area contributed by atoms with Gasteiger partial charge in [0.15, 0.2) is 0 Å². The van der Waals surface area contributed by atoms with E-state index in [4.69, 9.17) is 20.4 Å². The van der Waals surface area contributed by atoms with Gasteiger partial charge in [0.05, 0.1) is 6.42 Å². The Labute approximate surface area is 65.9 Å². The molecule has 0 amide bonds. The van der Waals surface area contributed by atoms with E-state index in [1.807, 2.05) is 0 Å². The minimum absolute atomic E-state index is 1.38. The van der Waals surface area contributed by atoms with Crippen molar-refractivity contribution < 1.29 is 34.8 Å². The summed E-state index contributed by atoms with van der Waals surface area (Å²) in [5.41, 5.74) is -3.24. The maximum absolute atomic E-state index is 10.1. The van der Waals surface area contributed by atoms with E-state index in [2.05, 4.69) is 0 Å². The summed E-state index contributed by atoms with van der Waals surface area (Å²) in [6, 6.07) is 0. The molecule has 0 bridgehead atoms. The van der Waals surface area contributed by atoms with E-state index in [1.54, 1.807) is 0 Å². The van der Waals surface area contributed by atoms with Gasteiger partial charge in [0.2, 0.25) is 0 Å². The molecule has 0 radical (unpaired) electrons. The van der Waals surface area contributed by atoms with E-state index in [-0.39, 0.29) is 0 Å². The monoisotopic (exact) mass is 178 g/mol. The van der Waals surface area contributed by atoms with Crippen molar-refractivity contribution in [3.05, 3.63) is 0 Å². The minimum Gasteiger partial charge on any atom is -0.481 e. The van der Waals surface area contributed by atoms with Crippen LogP contribution in [-0.2, 0) is 14.4 Å². The first-order valence-electron chi connectivity index (χ1n) is 2.71. The van der Waals surface area contributed by atoms with Crippen LogP contribution < -0.4 is 0 Å². The van der Waals surface area contributed by atoms with Gasteiger partial charge < -0.3 is 20.4 Å². The summed E-state index contributed by atoms with van der Waals surface area (Å²) in [5.74, 6) is -5.91. The van der Waals surface area contributed by atoms with Crippen LogP contribution >= 0.6 is 0 Å². The molecule has 0 fully saturated rings. The molecule has 7 nitrogen and oxygen atoms in total. The second-order valence-corrected chi connectivity index (χ2v) is 2.04. The van der Waals surface area contributed by atoms with Gasteiger partial charge in [0, 0.05) is 0 Å². The predicted octanol–water partition coefficient (Wildman–Crippen LogP) is -1.64. The predicted molar refractivity (Wildman–Crippen MR) is 32.5 cm³/mol. The Morgan fingerprint density at radius 2 is 1.33 bits per heavy atom. The number of hydrogen-bond donors (Lipinski definition) is 4. The lowest BCUT2D eigenvalue weighted by Gasteiger charge is -2.14. The van der Waals surface area contributed by atoms with Crippen LogP contribution in [0.3, 0.4) is 0 Å². The highest BCUT2D eigenvalue weighted by Crippen LogP contribution is 2.10. The Bertz CT molecular complexity index is 216. The van der Waals surface area contributed by atoms with Gasteiger partial charge in [-0.25, -0.2) is 9.59 Å². The molecular formula is C5H6O7. The lowest BCUT2D eigenvalue weighted by Crippen LogP contribution is -2.48. The van der Waals surface area contributed by atoms with Gasteiger partial charge in [-0.2, -0.15) is 0 Å². The second kappa shape index (κ2) is 3.18. The molecule has 0 unspecified atom stereocenters. The van der Waals surface area contributed by atoms with E-state index < -0.39 is 29.9 Å². The van der Waals surface area contributed by atoms with Crippen LogP contribution in [0, 0.1) is 0 Å². The first kappa shape index (κ1) is 10.4. The van der Waals surface area contributed by atoms with Crippen LogP contribution in [0.15, 0.2) is 0 Å². The summed E-state index contributed by atoms with van der Waals surface area (Å²) in [6.45, 7) is 0. The zero-order valence-electron chi connectivity index (χ0n) is 5.72. The van der Waals surface area contributed by atoms with Gasteiger partial charge in [-0.15, -0.1) is 0 Å². The minimum atomic E-state index is -3.24. The summed E-state index contributed by atoms with van der Waals surface area (Å²) in [6.07, 6.45) is -1.38. The summed E-state index contributed by atoms with van der Waals surface area (Å²) < 4.78 is 0. The molecule has 0 rings (SSSR count). The van der Waals surface area contributed by atoms with Gasteiger partial charge in [0.1, 0.15) is 0 Å². The van der Waals surface area contributed by atoms with Crippen LogP contribution in [0.25, 0.3) is 0 Å². The van der Waals surface area contributed by atoms with Gasteiger partial charge in [0.25, 0.3) is 5.60 Å². The van der Waals surface area contributed by atoms with E-state index >= 15 is 0 Å². The Morgan fingerprint density at radius 3 is 1.42 bits per heavy atom. The Kier molecular flexibility index (Phi) is 2.75. The van der Waals surface area contributed by atoms with Crippen LogP contribution in [-0.4, -0.2) is 43.9 Å². The molecule has 0 saturated heterocycles. The summed E-state index contributed by atoms with van der Waals surface area (Å²) in [5, 5.41) is 33.1. The summed E-state index contributed by atoms with van der Waals surface area (Å²) >= 11 is 0. The molecule has 0 saturated carbocycles. The number of aliphatic hydroxyl groups is 1. The van der Waals surface area contributed by atoms with Crippen molar-refractivity contribution in [2.45, 2.75) is 12.0 Å². The van der Waals surface area contributed by atoms with Gasteiger partial charge in [-0.05, 0) is 0 Å². The van der Waals surface area contributed by atoms with Crippen molar-refractivity contribution in [2.24, 2.45) is 0 Å². The van der Waals surface area contributed by atoms with E-state index in [0.29, 0.717) is 0 Å². The number of carbonyl (C=O) groups is 3. The first-order valence-corrected chi connectivity index (χ1v) is 2.71. The Balaban J connectivity index is 4.75. The quantitative estimate of drug-likeness (QED) is 0.379. The average Bonchev–Trinajstić information content (AvgIpc) is 1.84. The topological polar surface area (TPSA) is 132 Å². The lowest BCUT2D eigenvalue weighted by molar-refractivity contribution is -0.180. The number of hydrogen-bond acceptors (Lipinski definition) is 4. The molecule has 0 atom stereocenters. The molecule has 68 valence electrons. The largest absolute Gasteiger partial charge is 0.481 e. The molecule has 0 aromatic rings. The fourth-order valence-corrected chi connectivity index (χ4v) is 0.462. The van der Waals surface area contributed by atoms with Crippen LogP contribution in [0.5, 0.6) is 0 Å². The fourth-order valence-electron chi connectivity index (χ4n) is 0.462. The Hall–Kier alpha value is -1.63. The normalized spacial score (nSPS) is 10.8. The standard InChI is InChI=1S/C5H6O7/c6-2(7)1-5(12,3(8)9)4(10)11/h12H,1H2,(H,6,7)(H,8,9)(H,10,11). The molecule has 4 N–H and O–H groups in total. The van der Waals surface area contributed by atoms with Crippen molar-refractivity contribution in [2.75, 3.05) is 0 Å². The Morgan fingerprint density at radius 1 is 1.00 bits per heavy atom. The zero-order valence-corrected chi connectivity index (χ0v) is 5.72. The SMILES string of the molecule is O=C(O)CC(O)(C(=O)O)C(=O)O. The molecule has 0 aliphatic rings. The molecule has 0 aromatic carbocycles. The van der Waals surface area contributed by atoms with E-state index in [1.165, 1.54) is 0 Å². The van der Waals surface area contributed by atoms with E-state index in [9.17, 15) is 14.4 Å². The number of aliphatic carboxylic acids is 3. The van der Waals surface area contributed by atoms with Gasteiger partial charge in [-0.3, -0.25) is 4.79 Å². The van der Waals surface area contributed by atoms with Crippen LogP contribution in [0.4, 0.5) is 0 Å². The average molecular weight is 178 g/mol. The summed E-state index contributed by atoms with van der Waals surface area (Å²) in [4.78, 5) is 30.1. The molecule has 0 aliphatic heterocycles. The molecule has 0 aromatic heterocycles. The van der Waals surface area contributed by atoms with Crippen molar-refractivity contribution in [1.29, 1.82) is 0 Å². The molecule has 12 heavy (non-hydrogen) atoms. The molecule has 0 spiro atoms. The number of carboxylic acid groups (broad SMARTS) is 3. The van der Waals surface area contributed by atoms with Crippen LogP contribution in [0.1, 0.15) is 6.42 Å². The highest BCUT2D eigenvalue weighted by molar-refractivity contribution is 6.04. The highest BCUT2D eigenvalue weighted by atomic mass is 16.5. The molecule has 0 aliphatic carbocycles. The maximum atomic E-state index is 10.1. The zero-order chi connectivity index (χ0) is 9.94. The van der Waals surface area contributed by atoms with Gasteiger partial charge in [-0.1, -0.05) is 0 Å². The number of carboxylic acids is 3. The summed E-state index contributed by atoms with van der Waals surface area (Å²) in [7, 11) is 0. The fraction of sp³-hybridized carbons (Fsp3) is 0.400. The van der Waals surface area contributed by atoms with Crippen molar-refractivity contribution in [3.63, 3.8) is 0 Å². The molecule has 7 heteroatoms. The van der Waals surface area contributed by atoms with Gasteiger partial charge >= 0.3 is 17.9 Å². The lowest BCUT2D eigenvalue weighted by atomic mass is 10.0. The third-order valence-electron chi connectivity index (χ3n) is 1.11. The second-order valence-electron chi connectivity index (χ2n) is 2.04. The van der Waals surface area contributed by atoms with Crippen molar-refractivity contribution >= 4 is 17.9 Å². The van der Waals surface area contributed by atoms with Crippen molar-refractivity contribution in [1.82, 2.24) is 0 Å². The van der Waals surface area contributed by atoms with E-state index in [0.717, 1.165) is 0 Å². The van der Waals surface area contributed by atoms with Crippen molar-refractivity contribution in [3.8, 4) is 0 Å². The smallest absolute Gasteiger partial charge is 0.348 e. The molecule has 0 heterocycles.